The lowest BCUT2D eigenvalue weighted by molar-refractivity contribution is -0.117. The SMILES string of the molecule is CC=CC=CC(=O)NC1c2ccccc2CC1O. The highest BCUT2D eigenvalue weighted by molar-refractivity contribution is 5.88. The van der Waals surface area contributed by atoms with Gasteiger partial charge in [0.15, 0.2) is 0 Å². The Kier molecular flexibility index (Phi) is 3.95. The van der Waals surface area contributed by atoms with E-state index in [1.807, 2.05) is 37.3 Å². The number of rotatable bonds is 3. The molecule has 0 aliphatic heterocycles. The number of amides is 1. The first-order chi connectivity index (χ1) is 8.72. The maximum absolute atomic E-state index is 11.7. The van der Waals surface area contributed by atoms with Crippen LogP contribution in [0.5, 0.6) is 0 Å². The average Bonchev–Trinajstić information content (AvgIpc) is 2.67. The molecule has 0 bridgehead atoms. The lowest BCUT2D eigenvalue weighted by Gasteiger charge is -2.16. The molecule has 1 aliphatic carbocycles. The minimum Gasteiger partial charge on any atom is -0.390 e. The summed E-state index contributed by atoms with van der Waals surface area (Å²) in [6.45, 7) is 1.89. The molecule has 1 aliphatic rings. The van der Waals surface area contributed by atoms with Gasteiger partial charge in [-0.25, -0.2) is 0 Å². The zero-order chi connectivity index (χ0) is 13.0. The Bertz CT molecular complexity index is 491. The van der Waals surface area contributed by atoms with Crippen LogP contribution in [0.4, 0.5) is 0 Å². The van der Waals surface area contributed by atoms with Gasteiger partial charge in [0.05, 0.1) is 12.1 Å². The third-order valence-electron chi connectivity index (χ3n) is 3.05. The Labute approximate surface area is 107 Å². The van der Waals surface area contributed by atoms with E-state index in [4.69, 9.17) is 0 Å². The number of nitrogens with one attached hydrogen (secondary N) is 1. The number of benzene rings is 1. The number of aliphatic hydroxyl groups is 1. The molecule has 0 radical (unpaired) electrons. The molecule has 1 amide bonds. The maximum atomic E-state index is 11.7. The maximum Gasteiger partial charge on any atom is 0.244 e. The normalized spacial score (nSPS) is 22.6. The summed E-state index contributed by atoms with van der Waals surface area (Å²) in [5.74, 6) is -0.186. The van der Waals surface area contributed by atoms with Gasteiger partial charge in [0.2, 0.25) is 5.91 Å². The summed E-state index contributed by atoms with van der Waals surface area (Å²) in [4.78, 5) is 11.7. The van der Waals surface area contributed by atoms with E-state index in [0.717, 1.165) is 11.1 Å². The van der Waals surface area contributed by atoms with Gasteiger partial charge in [-0.2, -0.15) is 0 Å². The molecule has 3 nitrogen and oxygen atoms in total. The summed E-state index contributed by atoms with van der Waals surface area (Å²) in [6.07, 6.45) is 6.85. The highest BCUT2D eigenvalue weighted by atomic mass is 16.3. The van der Waals surface area contributed by atoms with Gasteiger partial charge < -0.3 is 10.4 Å². The highest BCUT2D eigenvalue weighted by Crippen LogP contribution is 2.31. The number of hydrogen-bond acceptors (Lipinski definition) is 2. The molecule has 94 valence electrons. The van der Waals surface area contributed by atoms with E-state index in [1.54, 1.807) is 12.2 Å². The predicted octanol–water partition coefficient (Wildman–Crippen LogP) is 1.89. The van der Waals surface area contributed by atoms with E-state index in [0.29, 0.717) is 6.42 Å². The summed E-state index contributed by atoms with van der Waals surface area (Å²) in [5.41, 5.74) is 2.12. The van der Waals surface area contributed by atoms with Crippen molar-refractivity contribution >= 4 is 5.91 Å². The molecule has 0 heterocycles. The first-order valence-corrected chi connectivity index (χ1v) is 6.08. The molecule has 1 aromatic rings. The fourth-order valence-electron chi connectivity index (χ4n) is 2.20. The van der Waals surface area contributed by atoms with Gasteiger partial charge in [0.1, 0.15) is 0 Å². The van der Waals surface area contributed by atoms with Crippen molar-refractivity contribution in [2.45, 2.75) is 25.5 Å². The largest absolute Gasteiger partial charge is 0.390 e. The van der Waals surface area contributed by atoms with Gasteiger partial charge in [0, 0.05) is 12.5 Å². The van der Waals surface area contributed by atoms with Gasteiger partial charge in [-0.15, -0.1) is 0 Å². The molecule has 0 spiro atoms. The quantitative estimate of drug-likeness (QED) is 0.629. The molecule has 2 unspecified atom stereocenters. The first kappa shape index (κ1) is 12.6. The molecule has 0 saturated heterocycles. The molecule has 0 fully saturated rings. The Balaban J connectivity index is 2.08. The Morgan fingerprint density at radius 2 is 2.17 bits per heavy atom. The van der Waals surface area contributed by atoms with E-state index in [1.165, 1.54) is 6.08 Å². The van der Waals surface area contributed by atoms with Crippen LogP contribution in [0.15, 0.2) is 48.6 Å². The molecule has 2 atom stereocenters. The van der Waals surface area contributed by atoms with E-state index in [2.05, 4.69) is 5.32 Å². The van der Waals surface area contributed by atoms with Gasteiger partial charge in [-0.1, -0.05) is 42.5 Å². The van der Waals surface area contributed by atoms with E-state index < -0.39 is 6.10 Å². The van der Waals surface area contributed by atoms with E-state index >= 15 is 0 Å². The first-order valence-electron chi connectivity index (χ1n) is 6.08. The number of hydrogen-bond donors (Lipinski definition) is 2. The minimum absolute atomic E-state index is 0.186. The second-order valence-corrected chi connectivity index (χ2v) is 4.34. The number of fused-ring (bicyclic) bond motifs is 1. The molecular formula is C15H17NO2. The van der Waals surface area contributed by atoms with Gasteiger partial charge in [-0.3, -0.25) is 4.79 Å². The van der Waals surface area contributed by atoms with Crippen molar-refractivity contribution in [3.63, 3.8) is 0 Å². The van der Waals surface area contributed by atoms with Crippen LogP contribution < -0.4 is 5.32 Å². The second kappa shape index (κ2) is 5.65. The monoisotopic (exact) mass is 243 g/mol. The third kappa shape index (κ3) is 2.68. The predicted molar refractivity (Wildman–Crippen MR) is 71.0 cm³/mol. The van der Waals surface area contributed by atoms with E-state index in [-0.39, 0.29) is 11.9 Å². The summed E-state index contributed by atoms with van der Waals surface area (Å²) < 4.78 is 0. The van der Waals surface area contributed by atoms with Crippen molar-refractivity contribution in [1.82, 2.24) is 5.32 Å². The summed E-state index contributed by atoms with van der Waals surface area (Å²) in [6, 6.07) is 7.50. The number of carbonyl (C=O) groups excluding carboxylic acids is 1. The average molecular weight is 243 g/mol. The fourth-order valence-corrected chi connectivity index (χ4v) is 2.20. The van der Waals surface area contributed by atoms with Crippen LogP contribution in [0.3, 0.4) is 0 Å². The van der Waals surface area contributed by atoms with Gasteiger partial charge >= 0.3 is 0 Å². The Hall–Kier alpha value is -1.87. The molecule has 3 heteroatoms. The van der Waals surface area contributed by atoms with Crippen molar-refractivity contribution in [1.29, 1.82) is 0 Å². The zero-order valence-corrected chi connectivity index (χ0v) is 10.3. The molecular weight excluding hydrogens is 226 g/mol. The Morgan fingerprint density at radius 1 is 1.39 bits per heavy atom. The molecule has 1 aromatic carbocycles. The molecule has 2 rings (SSSR count). The highest BCUT2D eigenvalue weighted by Gasteiger charge is 2.31. The van der Waals surface area contributed by atoms with Gasteiger partial charge in [0.25, 0.3) is 0 Å². The van der Waals surface area contributed by atoms with E-state index in [9.17, 15) is 9.90 Å². The second-order valence-electron chi connectivity index (χ2n) is 4.34. The third-order valence-corrected chi connectivity index (χ3v) is 3.05. The van der Waals surface area contributed by atoms with Crippen molar-refractivity contribution in [2.24, 2.45) is 0 Å². The van der Waals surface area contributed by atoms with Crippen molar-refractivity contribution in [3.8, 4) is 0 Å². The molecule has 18 heavy (non-hydrogen) atoms. The van der Waals surface area contributed by atoms with Crippen LogP contribution in [0.1, 0.15) is 24.1 Å². The summed E-state index contributed by atoms with van der Waals surface area (Å²) in [7, 11) is 0. The summed E-state index contributed by atoms with van der Waals surface area (Å²) >= 11 is 0. The van der Waals surface area contributed by atoms with Crippen LogP contribution >= 0.6 is 0 Å². The zero-order valence-electron chi connectivity index (χ0n) is 10.3. The number of allylic oxidation sites excluding steroid dienone is 3. The van der Waals surface area contributed by atoms with Gasteiger partial charge in [-0.05, 0) is 18.1 Å². The topological polar surface area (TPSA) is 49.3 Å². The lowest BCUT2D eigenvalue weighted by Crippen LogP contribution is -2.32. The van der Waals surface area contributed by atoms with Crippen molar-refractivity contribution in [3.05, 3.63) is 59.7 Å². The van der Waals surface area contributed by atoms with Crippen molar-refractivity contribution in [2.75, 3.05) is 0 Å². The van der Waals surface area contributed by atoms with Crippen LogP contribution in [0.2, 0.25) is 0 Å². The van der Waals surface area contributed by atoms with Crippen molar-refractivity contribution < 1.29 is 9.90 Å². The summed E-state index contributed by atoms with van der Waals surface area (Å²) in [5, 5.41) is 12.8. The smallest absolute Gasteiger partial charge is 0.244 e. The number of carbonyl (C=O) groups is 1. The number of aliphatic hydroxyl groups excluding tert-OH is 1. The Morgan fingerprint density at radius 3 is 2.94 bits per heavy atom. The van der Waals surface area contributed by atoms with Crippen LogP contribution in [0, 0.1) is 0 Å². The minimum atomic E-state index is -0.540. The van der Waals surface area contributed by atoms with Crippen LogP contribution in [-0.2, 0) is 11.2 Å². The van der Waals surface area contributed by atoms with Crippen LogP contribution in [-0.4, -0.2) is 17.1 Å². The van der Waals surface area contributed by atoms with Crippen LogP contribution in [0.25, 0.3) is 0 Å². The molecule has 2 N–H and O–H groups in total. The standard InChI is InChI=1S/C15H17NO2/c1-2-3-4-9-14(18)16-15-12-8-6-5-7-11(12)10-13(15)17/h2-9,13,15,17H,10H2,1H3,(H,16,18). The molecule has 0 aromatic heterocycles. The lowest BCUT2D eigenvalue weighted by atomic mass is 10.1. The molecule has 0 saturated carbocycles. The fraction of sp³-hybridized carbons (Fsp3) is 0.267.